The fraction of sp³-hybridized carbons (Fsp3) is 0.750. The first-order valence-electron chi connectivity index (χ1n) is 9.91. The minimum absolute atomic E-state index is 0.198. The third-order valence-electron chi connectivity index (χ3n) is 5.83. The van der Waals surface area contributed by atoms with Crippen LogP contribution in [0.15, 0.2) is 6.20 Å². The number of piperidine rings is 2. The second kappa shape index (κ2) is 8.33. The summed E-state index contributed by atoms with van der Waals surface area (Å²) in [6.45, 7) is 8.54. The summed E-state index contributed by atoms with van der Waals surface area (Å²) in [4.78, 5) is 26.0. The average Bonchev–Trinajstić information content (AvgIpc) is 2.65. The zero-order chi connectivity index (χ0) is 18.6. The van der Waals surface area contributed by atoms with Gasteiger partial charge in [0.1, 0.15) is 11.6 Å². The van der Waals surface area contributed by atoms with Crippen LogP contribution in [-0.4, -0.2) is 60.7 Å². The summed E-state index contributed by atoms with van der Waals surface area (Å²) in [5.41, 5.74) is 1.42. The van der Waals surface area contributed by atoms with Gasteiger partial charge < -0.3 is 14.5 Å². The first-order chi connectivity index (χ1) is 12.6. The highest BCUT2D eigenvalue weighted by Crippen LogP contribution is 2.40. The lowest BCUT2D eigenvalue weighted by Gasteiger charge is -2.48. The molecular formula is C20H32N4O2. The Balaban J connectivity index is 1.75. The molecule has 2 fully saturated rings. The lowest BCUT2D eigenvalue weighted by Crippen LogP contribution is -2.54. The van der Waals surface area contributed by atoms with Gasteiger partial charge in [0.25, 0.3) is 0 Å². The molecule has 1 aromatic rings. The predicted molar refractivity (Wildman–Crippen MR) is 102 cm³/mol. The number of carbonyl (C=O) groups is 1. The molecule has 1 unspecified atom stereocenters. The molecule has 0 aliphatic carbocycles. The van der Waals surface area contributed by atoms with E-state index in [9.17, 15) is 4.79 Å². The molecular weight excluding hydrogens is 328 g/mol. The minimum atomic E-state index is 0.198. The Morgan fingerprint density at radius 3 is 2.92 bits per heavy atom. The molecule has 6 heteroatoms. The van der Waals surface area contributed by atoms with Gasteiger partial charge in [-0.05, 0) is 39.0 Å². The summed E-state index contributed by atoms with van der Waals surface area (Å²) in [6, 6.07) is 0. The number of anilines is 1. The van der Waals surface area contributed by atoms with Crippen LogP contribution in [0.5, 0.6) is 0 Å². The smallest absolute Gasteiger partial charge is 0.222 e. The minimum Gasteiger partial charge on any atom is -0.385 e. The number of carbonyl (C=O) groups excluding carboxylic acids is 1. The molecule has 3 heterocycles. The van der Waals surface area contributed by atoms with Crippen molar-refractivity contribution in [2.24, 2.45) is 5.41 Å². The summed E-state index contributed by atoms with van der Waals surface area (Å²) >= 11 is 0. The highest BCUT2D eigenvalue weighted by Gasteiger charge is 2.42. The zero-order valence-corrected chi connectivity index (χ0v) is 16.5. The van der Waals surface area contributed by atoms with Crippen molar-refractivity contribution in [3.05, 3.63) is 17.6 Å². The third-order valence-corrected chi connectivity index (χ3v) is 5.83. The van der Waals surface area contributed by atoms with Gasteiger partial charge in [0, 0.05) is 63.5 Å². The molecule has 1 aromatic heterocycles. The number of aromatic nitrogens is 2. The monoisotopic (exact) mass is 360 g/mol. The summed E-state index contributed by atoms with van der Waals surface area (Å²) in [7, 11) is 1.72. The summed E-state index contributed by atoms with van der Waals surface area (Å²) in [5, 5.41) is 0. The predicted octanol–water partition coefficient (Wildman–Crippen LogP) is 2.59. The summed E-state index contributed by atoms with van der Waals surface area (Å²) in [6.07, 6.45) is 7.85. The highest BCUT2D eigenvalue weighted by atomic mass is 16.5. The van der Waals surface area contributed by atoms with Crippen molar-refractivity contribution in [3.63, 3.8) is 0 Å². The fourth-order valence-corrected chi connectivity index (χ4v) is 4.43. The van der Waals surface area contributed by atoms with E-state index in [2.05, 4.69) is 21.7 Å². The number of likely N-dealkylation sites (tertiary alicyclic amines) is 1. The first kappa shape index (κ1) is 19.1. The van der Waals surface area contributed by atoms with Crippen molar-refractivity contribution in [2.45, 2.75) is 52.4 Å². The molecule has 3 rings (SSSR count). The van der Waals surface area contributed by atoms with Crippen molar-refractivity contribution >= 4 is 11.7 Å². The third kappa shape index (κ3) is 4.17. The molecule has 0 saturated carbocycles. The van der Waals surface area contributed by atoms with Crippen LogP contribution in [0.1, 0.15) is 50.4 Å². The molecule has 1 spiro atoms. The van der Waals surface area contributed by atoms with Crippen LogP contribution < -0.4 is 4.90 Å². The molecule has 2 saturated heterocycles. The van der Waals surface area contributed by atoms with E-state index in [-0.39, 0.29) is 5.41 Å². The molecule has 2 aliphatic rings. The molecule has 1 atom stereocenters. The van der Waals surface area contributed by atoms with Gasteiger partial charge >= 0.3 is 0 Å². The standard InChI is InChI=1S/C20H32N4O2/c1-4-17-13-21-16(2)22-19(17)24-10-5-8-20(15-24)9-7-18(25)23(14-20)11-6-12-26-3/h13H,4-12,14-15H2,1-3H3. The molecule has 0 bridgehead atoms. The number of nitrogens with zero attached hydrogens (tertiary/aromatic N) is 4. The Kier molecular flexibility index (Phi) is 6.12. The van der Waals surface area contributed by atoms with Gasteiger partial charge in [-0.3, -0.25) is 4.79 Å². The maximum Gasteiger partial charge on any atom is 0.222 e. The highest BCUT2D eigenvalue weighted by molar-refractivity contribution is 5.77. The van der Waals surface area contributed by atoms with Crippen LogP contribution in [0.25, 0.3) is 0 Å². The van der Waals surface area contributed by atoms with E-state index in [4.69, 9.17) is 9.72 Å². The number of rotatable bonds is 6. The van der Waals surface area contributed by atoms with Crippen molar-refractivity contribution in [1.82, 2.24) is 14.9 Å². The van der Waals surface area contributed by atoms with E-state index in [1.165, 1.54) is 12.0 Å². The van der Waals surface area contributed by atoms with Gasteiger partial charge in [0.15, 0.2) is 0 Å². The quantitative estimate of drug-likeness (QED) is 0.730. The Morgan fingerprint density at radius 2 is 2.15 bits per heavy atom. The topological polar surface area (TPSA) is 58.6 Å². The van der Waals surface area contributed by atoms with E-state index in [0.717, 1.165) is 63.5 Å². The first-order valence-corrected chi connectivity index (χ1v) is 9.91. The van der Waals surface area contributed by atoms with Crippen molar-refractivity contribution in [3.8, 4) is 0 Å². The lowest BCUT2D eigenvalue weighted by atomic mass is 9.73. The zero-order valence-electron chi connectivity index (χ0n) is 16.5. The van der Waals surface area contributed by atoms with Gasteiger partial charge in [0.2, 0.25) is 5.91 Å². The Labute approximate surface area is 156 Å². The van der Waals surface area contributed by atoms with E-state index in [1.54, 1.807) is 7.11 Å². The summed E-state index contributed by atoms with van der Waals surface area (Å²) in [5.74, 6) is 2.23. The number of aryl methyl sites for hydroxylation is 2. The summed E-state index contributed by atoms with van der Waals surface area (Å²) < 4.78 is 5.16. The van der Waals surface area contributed by atoms with Crippen molar-refractivity contribution in [1.29, 1.82) is 0 Å². The Hall–Kier alpha value is -1.69. The van der Waals surface area contributed by atoms with E-state index in [1.807, 2.05) is 13.1 Å². The molecule has 0 aromatic carbocycles. The molecule has 1 amide bonds. The molecule has 0 radical (unpaired) electrons. The van der Waals surface area contributed by atoms with E-state index < -0.39 is 0 Å². The van der Waals surface area contributed by atoms with Gasteiger partial charge in [-0.25, -0.2) is 9.97 Å². The normalized spacial score (nSPS) is 23.7. The SMILES string of the molecule is CCc1cnc(C)nc1N1CCCC2(CCC(=O)N(CCCOC)C2)C1. The van der Waals surface area contributed by atoms with Crippen LogP contribution in [0.4, 0.5) is 5.82 Å². The van der Waals surface area contributed by atoms with E-state index in [0.29, 0.717) is 18.9 Å². The number of ether oxygens (including phenoxy) is 1. The number of methoxy groups -OCH3 is 1. The number of hydrogen-bond acceptors (Lipinski definition) is 5. The Bertz CT molecular complexity index is 636. The van der Waals surface area contributed by atoms with Crippen LogP contribution in [0.2, 0.25) is 0 Å². The number of hydrogen-bond donors (Lipinski definition) is 0. The van der Waals surface area contributed by atoms with Gasteiger partial charge in [-0.1, -0.05) is 6.92 Å². The molecule has 144 valence electrons. The van der Waals surface area contributed by atoms with Crippen molar-refractivity contribution in [2.75, 3.05) is 44.8 Å². The molecule has 26 heavy (non-hydrogen) atoms. The van der Waals surface area contributed by atoms with Crippen molar-refractivity contribution < 1.29 is 9.53 Å². The van der Waals surface area contributed by atoms with E-state index >= 15 is 0 Å². The van der Waals surface area contributed by atoms with Crippen LogP contribution in [0.3, 0.4) is 0 Å². The fourth-order valence-electron chi connectivity index (χ4n) is 4.43. The van der Waals surface area contributed by atoms with Gasteiger partial charge in [-0.2, -0.15) is 0 Å². The second-order valence-electron chi connectivity index (χ2n) is 7.81. The largest absolute Gasteiger partial charge is 0.385 e. The maximum atomic E-state index is 12.4. The van der Waals surface area contributed by atoms with Gasteiger partial charge in [0.05, 0.1) is 0 Å². The molecule has 2 aliphatic heterocycles. The lowest BCUT2D eigenvalue weighted by molar-refractivity contribution is -0.138. The van der Waals surface area contributed by atoms with Crippen LogP contribution in [-0.2, 0) is 16.0 Å². The average molecular weight is 361 g/mol. The molecule has 0 N–H and O–H groups in total. The Morgan fingerprint density at radius 1 is 1.31 bits per heavy atom. The second-order valence-corrected chi connectivity index (χ2v) is 7.81. The molecule has 6 nitrogen and oxygen atoms in total. The van der Waals surface area contributed by atoms with Crippen LogP contribution in [0, 0.1) is 12.3 Å². The van der Waals surface area contributed by atoms with Crippen LogP contribution >= 0.6 is 0 Å². The number of amides is 1. The van der Waals surface area contributed by atoms with Gasteiger partial charge in [-0.15, -0.1) is 0 Å². The maximum absolute atomic E-state index is 12.4.